The smallest absolute Gasteiger partial charge is 0.0170 e. The number of rotatable bonds is 1. The fourth-order valence-electron chi connectivity index (χ4n) is 1.02. The maximum Gasteiger partial charge on any atom is 0.0170 e. The fourth-order valence-corrected chi connectivity index (χ4v) is 1.71. The summed E-state index contributed by atoms with van der Waals surface area (Å²) in [6.45, 7) is 10.5. The Kier molecular flexibility index (Phi) is 17.1. The van der Waals surface area contributed by atoms with Gasteiger partial charge in [0.2, 0.25) is 0 Å². The molecule has 0 radical (unpaired) electrons. The predicted octanol–water partition coefficient (Wildman–Crippen LogP) is 3.15. The van der Waals surface area contributed by atoms with E-state index in [4.69, 9.17) is 0 Å². The van der Waals surface area contributed by atoms with Gasteiger partial charge in [0.1, 0.15) is 0 Å². The second kappa shape index (κ2) is 13.9. The van der Waals surface area contributed by atoms with Crippen LogP contribution in [0.25, 0.3) is 0 Å². The van der Waals surface area contributed by atoms with E-state index in [1.54, 1.807) is 0 Å². The van der Waals surface area contributed by atoms with Crippen molar-refractivity contribution in [1.82, 2.24) is 5.32 Å². The molecule has 0 aromatic heterocycles. The minimum Gasteiger partial charge on any atom is -0.316 e. The molecule has 0 aromatic carbocycles. The van der Waals surface area contributed by atoms with Crippen LogP contribution in [-0.2, 0) is 0 Å². The van der Waals surface area contributed by atoms with Gasteiger partial charge < -0.3 is 5.32 Å². The summed E-state index contributed by atoms with van der Waals surface area (Å²) in [5, 5.41) is 4.26. The van der Waals surface area contributed by atoms with Gasteiger partial charge in [-0.3, -0.25) is 0 Å². The molecule has 0 amide bonds. The molecule has 12 heavy (non-hydrogen) atoms. The van der Waals surface area contributed by atoms with Crippen LogP contribution in [0.3, 0.4) is 0 Å². The SMILES string of the molecule is CC.CC.CSC1CCCNC1. The van der Waals surface area contributed by atoms with Crippen LogP contribution in [0.15, 0.2) is 0 Å². The lowest BCUT2D eigenvalue weighted by Crippen LogP contribution is -2.31. The summed E-state index contributed by atoms with van der Waals surface area (Å²) >= 11 is 1.98. The molecule has 76 valence electrons. The van der Waals surface area contributed by atoms with Crippen molar-refractivity contribution in [2.24, 2.45) is 0 Å². The van der Waals surface area contributed by atoms with E-state index < -0.39 is 0 Å². The molecular formula is C10H25NS. The molecule has 1 aliphatic rings. The molecular weight excluding hydrogens is 166 g/mol. The third-order valence-corrected chi connectivity index (χ3v) is 2.65. The standard InChI is InChI=1S/C6H13NS.2C2H6/c1-8-6-3-2-4-7-5-6;2*1-2/h6-7H,2-5H2,1H3;2*1-2H3. The van der Waals surface area contributed by atoms with Crippen LogP contribution < -0.4 is 5.32 Å². The van der Waals surface area contributed by atoms with Crippen molar-refractivity contribution in [3.8, 4) is 0 Å². The van der Waals surface area contributed by atoms with Crippen LogP contribution in [0.4, 0.5) is 0 Å². The zero-order chi connectivity index (χ0) is 9.82. The van der Waals surface area contributed by atoms with E-state index in [0.717, 1.165) is 5.25 Å². The first kappa shape index (κ1) is 14.8. The lowest BCUT2D eigenvalue weighted by atomic mass is 10.2. The van der Waals surface area contributed by atoms with E-state index >= 15 is 0 Å². The van der Waals surface area contributed by atoms with Crippen molar-refractivity contribution in [2.45, 2.75) is 45.8 Å². The van der Waals surface area contributed by atoms with E-state index in [-0.39, 0.29) is 0 Å². The predicted molar refractivity (Wildman–Crippen MR) is 62.1 cm³/mol. The van der Waals surface area contributed by atoms with Crippen LogP contribution in [0.5, 0.6) is 0 Å². The highest BCUT2D eigenvalue weighted by Gasteiger charge is 2.09. The van der Waals surface area contributed by atoms with Gasteiger partial charge in [-0.2, -0.15) is 11.8 Å². The van der Waals surface area contributed by atoms with Gasteiger partial charge in [0.15, 0.2) is 0 Å². The molecule has 0 bridgehead atoms. The van der Waals surface area contributed by atoms with E-state index in [0.29, 0.717) is 0 Å². The number of hydrogen-bond acceptors (Lipinski definition) is 2. The zero-order valence-corrected chi connectivity index (χ0v) is 10.1. The van der Waals surface area contributed by atoms with Crippen LogP contribution >= 0.6 is 11.8 Å². The minimum absolute atomic E-state index is 0.892. The molecule has 1 rings (SSSR count). The number of hydrogen-bond donors (Lipinski definition) is 1. The van der Waals surface area contributed by atoms with Crippen molar-refractivity contribution in [1.29, 1.82) is 0 Å². The molecule has 1 fully saturated rings. The van der Waals surface area contributed by atoms with Crippen LogP contribution in [0, 0.1) is 0 Å². The Labute approximate surface area is 82.7 Å². The summed E-state index contributed by atoms with van der Waals surface area (Å²) in [6.07, 6.45) is 4.97. The maximum absolute atomic E-state index is 3.36. The van der Waals surface area contributed by atoms with Crippen molar-refractivity contribution in [3.63, 3.8) is 0 Å². The Morgan fingerprint density at radius 2 is 1.75 bits per heavy atom. The van der Waals surface area contributed by atoms with E-state index in [1.807, 2.05) is 39.5 Å². The average Bonchev–Trinajstić information content (AvgIpc) is 2.25. The molecule has 0 spiro atoms. The van der Waals surface area contributed by atoms with Crippen molar-refractivity contribution >= 4 is 11.8 Å². The lowest BCUT2D eigenvalue weighted by molar-refractivity contribution is 0.532. The first-order valence-corrected chi connectivity index (χ1v) is 6.46. The third-order valence-electron chi connectivity index (χ3n) is 1.58. The topological polar surface area (TPSA) is 12.0 Å². The van der Waals surface area contributed by atoms with E-state index in [2.05, 4.69) is 11.6 Å². The Bertz CT molecular complexity index is 60.9. The van der Waals surface area contributed by atoms with Gasteiger partial charge in [-0.15, -0.1) is 0 Å². The van der Waals surface area contributed by atoms with Crippen molar-refractivity contribution < 1.29 is 0 Å². The summed E-state index contributed by atoms with van der Waals surface area (Å²) < 4.78 is 0. The Balaban J connectivity index is 0. The normalized spacial score (nSPS) is 21.2. The summed E-state index contributed by atoms with van der Waals surface area (Å²) in [5.41, 5.74) is 0. The van der Waals surface area contributed by atoms with Gasteiger partial charge in [0, 0.05) is 11.8 Å². The Morgan fingerprint density at radius 1 is 1.17 bits per heavy atom. The summed E-state index contributed by atoms with van der Waals surface area (Å²) in [5.74, 6) is 0. The van der Waals surface area contributed by atoms with Crippen molar-refractivity contribution in [3.05, 3.63) is 0 Å². The van der Waals surface area contributed by atoms with Gasteiger partial charge in [0.25, 0.3) is 0 Å². The Hall–Kier alpha value is 0.310. The van der Waals surface area contributed by atoms with Gasteiger partial charge in [0.05, 0.1) is 0 Å². The number of thioether (sulfide) groups is 1. The summed E-state index contributed by atoms with van der Waals surface area (Å²) in [4.78, 5) is 0. The van der Waals surface area contributed by atoms with Crippen molar-refractivity contribution in [2.75, 3.05) is 19.3 Å². The number of nitrogens with one attached hydrogen (secondary N) is 1. The molecule has 0 saturated carbocycles. The molecule has 1 N–H and O–H groups in total. The molecule has 1 atom stereocenters. The highest BCUT2D eigenvalue weighted by Crippen LogP contribution is 2.14. The molecule has 1 unspecified atom stereocenters. The van der Waals surface area contributed by atoms with Gasteiger partial charge in [-0.05, 0) is 25.6 Å². The molecule has 0 aliphatic carbocycles. The largest absolute Gasteiger partial charge is 0.316 e. The lowest BCUT2D eigenvalue weighted by Gasteiger charge is -2.19. The second-order valence-corrected chi connectivity index (χ2v) is 3.34. The van der Waals surface area contributed by atoms with Gasteiger partial charge >= 0.3 is 0 Å². The fraction of sp³-hybridized carbons (Fsp3) is 1.00. The first-order chi connectivity index (χ1) is 5.93. The molecule has 1 aliphatic heterocycles. The molecule has 2 heteroatoms. The van der Waals surface area contributed by atoms with Gasteiger partial charge in [-0.25, -0.2) is 0 Å². The molecule has 0 aromatic rings. The summed E-state index contributed by atoms with van der Waals surface area (Å²) in [7, 11) is 0. The van der Waals surface area contributed by atoms with Crippen LogP contribution in [0.2, 0.25) is 0 Å². The highest BCUT2D eigenvalue weighted by molar-refractivity contribution is 7.99. The van der Waals surface area contributed by atoms with Crippen LogP contribution in [-0.4, -0.2) is 24.6 Å². The monoisotopic (exact) mass is 191 g/mol. The Morgan fingerprint density at radius 3 is 2.00 bits per heavy atom. The van der Waals surface area contributed by atoms with Gasteiger partial charge in [-0.1, -0.05) is 27.7 Å². The minimum atomic E-state index is 0.892. The third kappa shape index (κ3) is 8.41. The second-order valence-electron chi connectivity index (χ2n) is 2.20. The first-order valence-electron chi connectivity index (χ1n) is 5.17. The number of piperidine rings is 1. The molecule has 1 saturated heterocycles. The van der Waals surface area contributed by atoms with E-state index in [1.165, 1.54) is 25.9 Å². The quantitative estimate of drug-likeness (QED) is 0.683. The highest BCUT2D eigenvalue weighted by atomic mass is 32.2. The summed E-state index contributed by atoms with van der Waals surface area (Å²) in [6, 6.07) is 0. The average molecular weight is 191 g/mol. The molecule has 1 nitrogen and oxygen atoms in total. The van der Waals surface area contributed by atoms with E-state index in [9.17, 15) is 0 Å². The van der Waals surface area contributed by atoms with Crippen LogP contribution in [0.1, 0.15) is 40.5 Å². The molecule has 1 heterocycles. The maximum atomic E-state index is 3.36. The zero-order valence-electron chi connectivity index (χ0n) is 9.31.